The van der Waals surface area contributed by atoms with Crippen molar-refractivity contribution in [1.29, 1.82) is 0 Å². The van der Waals surface area contributed by atoms with Crippen molar-refractivity contribution in [1.82, 2.24) is 0 Å². The van der Waals surface area contributed by atoms with Crippen LogP contribution in [0.5, 0.6) is 0 Å². The Bertz CT molecular complexity index is 347. The van der Waals surface area contributed by atoms with Crippen LogP contribution >= 0.6 is 47.0 Å². The van der Waals surface area contributed by atoms with E-state index in [2.05, 4.69) is 12.5 Å². The maximum Gasteiger partial charge on any atom is 0.0907 e. The molecule has 0 N–H and O–H groups in total. The highest BCUT2D eigenvalue weighted by Gasteiger charge is 2.22. The van der Waals surface area contributed by atoms with Crippen molar-refractivity contribution in [3.63, 3.8) is 0 Å². The summed E-state index contributed by atoms with van der Waals surface area (Å²) in [4.78, 5) is 0. The van der Waals surface area contributed by atoms with Crippen LogP contribution in [0.3, 0.4) is 0 Å². The summed E-state index contributed by atoms with van der Waals surface area (Å²) in [6.45, 7) is 0. The zero-order chi connectivity index (χ0) is 10.7. The lowest BCUT2D eigenvalue weighted by molar-refractivity contribution is 0.398. The minimum Gasteiger partial charge on any atom is -0.473 e. The predicted octanol–water partition coefficient (Wildman–Crippen LogP) is 4.59. The van der Waals surface area contributed by atoms with Gasteiger partial charge in [0.25, 0.3) is 0 Å². The Kier molecular flexibility index (Phi) is 4.25. The lowest BCUT2D eigenvalue weighted by Crippen LogP contribution is -1.82. The largest absolute Gasteiger partial charge is 0.473 e. The van der Waals surface area contributed by atoms with E-state index in [1.807, 2.05) is 59.2 Å². The van der Waals surface area contributed by atoms with Crippen molar-refractivity contribution in [3.8, 4) is 0 Å². The number of rotatable bonds is 2. The predicted molar refractivity (Wildman–Crippen MR) is 75.6 cm³/mol. The molecule has 80 valence electrons. The molecule has 0 amide bonds. The van der Waals surface area contributed by atoms with E-state index in [9.17, 15) is 0 Å². The van der Waals surface area contributed by atoms with Gasteiger partial charge in [0.1, 0.15) is 0 Å². The fourth-order valence-electron chi connectivity index (χ4n) is 1.10. The van der Waals surface area contributed by atoms with Gasteiger partial charge in [0.05, 0.1) is 25.2 Å². The van der Waals surface area contributed by atoms with E-state index in [0.29, 0.717) is 0 Å². The Morgan fingerprint density at radius 1 is 1.00 bits per heavy atom. The Morgan fingerprint density at radius 2 is 1.53 bits per heavy atom. The van der Waals surface area contributed by atoms with Crippen LogP contribution in [0.25, 0.3) is 0 Å². The van der Waals surface area contributed by atoms with Gasteiger partial charge in [-0.25, -0.2) is 0 Å². The first kappa shape index (κ1) is 11.6. The molecule has 2 aliphatic rings. The molecule has 5 heteroatoms. The van der Waals surface area contributed by atoms with Crippen molar-refractivity contribution < 1.29 is 4.74 Å². The van der Waals surface area contributed by atoms with Gasteiger partial charge >= 0.3 is 0 Å². The van der Waals surface area contributed by atoms with Crippen LogP contribution in [-0.4, -0.2) is 12.5 Å². The fourth-order valence-corrected chi connectivity index (χ4v) is 6.10. The number of thioether (sulfide) groups is 4. The fraction of sp³-hybridized carbons (Fsp3) is 0.200. The number of hydrogen-bond acceptors (Lipinski definition) is 5. The van der Waals surface area contributed by atoms with Crippen molar-refractivity contribution in [2.24, 2.45) is 0 Å². The van der Waals surface area contributed by atoms with Crippen molar-refractivity contribution in [2.45, 2.75) is 0 Å². The second-order valence-corrected chi connectivity index (χ2v) is 7.12. The summed E-state index contributed by atoms with van der Waals surface area (Å²) in [5, 5.41) is 0. The minimum atomic E-state index is 1.24. The van der Waals surface area contributed by atoms with Crippen LogP contribution in [-0.2, 0) is 4.74 Å². The van der Waals surface area contributed by atoms with Crippen LogP contribution in [0, 0.1) is 0 Å². The van der Waals surface area contributed by atoms with Crippen LogP contribution in [0.4, 0.5) is 0 Å². The van der Waals surface area contributed by atoms with Gasteiger partial charge < -0.3 is 4.74 Å². The maximum absolute atomic E-state index is 5.03. The monoisotopic (exact) mass is 274 g/mol. The molecule has 0 aliphatic carbocycles. The van der Waals surface area contributed by atoms with E-state index in [4.69, 9.17) is 4.74 Å². The first-order valence-corrected chi connectivity index (χ1v) is 8.34. The molecule has 0 aromatic rings. The molecular weight excluding hydrogens is 264 g/mol. The topological polar surface area (TPSA) is 9.23 Å². The normalized spacial score (nSPS) is 20.1. The smallest absolute Gasteiger partial charge is 0.0907 e. The molecular formula is C10H10OS4. The molecule has 0 aromatic carbocycles. The average molecular weight is 274 g/mol. The van der Waals surface area contributed by atoms with Crippen LogP contribution < -0.4 is 0 Å². The minimum absolute atomic E-state index is 1.24. The molecule has 1 nitrogen and oxygen atoms in total. The highest BCUT2D eigenvalue weighted by atomic mass is 32.3. The Balaban J connectivity index is 2.21. The summed E-state index contributed by atoms with van der Waals surface area (Å²) < 4.78 is 9.19. The summed E-state index contributed by atoms with van der Waals surface area (Å²) >= 11 is 7.35. The highest BCUT2D eigenvalue weighted by molar-refractivity contribution is 8.40. The van der Waals surface area contributed by atoms with Crippen LogP contribution in [0.1, 0.15) is 0 Å². The first-order chi connectivity index (χ1) is 7.35. The molecule has 15 heavy (non-hydrogen) atoms. The standard InChI is InChI=1S/C10H10OS4/c1-12-9-10(13-2)15-8(14-9)7-3-5-11-6-4-7/h3-6H,1-2H3. The quantitative estimate of drug-likeness (QED) is 0.726. The third kappa shape index (κ3) is 2.64. The molecule has 0 radical (unpaired) electrons. The molecule has 0 saturated heterocycles. The van der Waals surface area contributed by atoms with Crippen LogP contribution in [0.2, 0.25) is 0 Å². The SMILES string of the molecule is CSC1=C(SC)SC(=C2C=COC=C2)S1. The maximum atomic E-state index is 5.03. The molecule has 2 heterocycles. The van der Waals surface area contributed by atoms with Gasteiger partial charge in [-0.05, 0) is 24.7 Å². The third-order valence-corrected chi connectivity index (χ3v) is 7.08. The van der Waals surface area contributed by atoms with Gasteiger partial charge in [0.15, 0.2) is 0 Å². The molecule has 0 unspecified atom stereocenters. The van der Waals surface area contributed by atoms with E-state index < -0.39 is 0 Å². The lowest BCUT2D eigenvalue weighted by atomic mass is 10.3. The Labute approximate surface area is 107 Å². The van der Waals surface area contributed by atoms with Gasteiger partial charge in [-0.1, -0.05) is 23.5 Å². The van der Waals surface area contributed by atoms with Gasteiger partial charge in [0, 0.05) is 5.57 Å². The van der Waals surface area contributed by atoms with Crippen LogP contribution in [0.15, 0.2) is 43.0 Å². The molecule has 0 atom stereocenters. The first-order valence-electron chi connectivity index (χ1n) is 4.26. The van der Waals surface area contributed by atoms with Gasteiger partial charge in [-0.15, -0.1) is 23.5 Å². The van der Waals surface area contributed by atoms with E-state index in [1.165, 1.54) is 18.3 Å². The van der Waals surface area contributed by atoms with Crippen molar-refractivity contribution in [2.75, 3.05) is 12.5 Å². The Hall–Kier alpha value is 0.160. The molecule has 2 rings (SSSR count). The number of hydrogen-bond donors (Lipinski definition) is 0. The molecule has 0 aromatic heterocycles. The molecule has 0 fully saturated rings. The number of allylic oxidation sites excluding steroid dienone is 3. The summed E-state index contributed by atoms with van der Waals surface area (Å²) in [5.74, 6) is 0. The second kappa shape index (κ2) is 5.48. The summed E-state index contributed by atoms with van der Waals surface area (Å²) in [6.07, 6.45) is 11.7. The third-order valence-electron chi connectivity index (χ3n) is 1.80. The van der Waals surface area contributed by atoms with E-state index in [0.717, 1.165) is 0 Å². The molecule has 0 bridgehead atoms. The zero-order valence-electron chi connectivity index (χ0n) is 8.35. The summed E-state index contributed by atoms with van der Waals surface area (Å²) in [6, 6.07) is 0. The van der Waals surface area contributed by atoms with E-state index in [1.54, 1.807) is 12.5 Å². The average Bonchev–Trinajstić information content (AvgIpc) is 2.73. The zero-order valence-corrected chi connectivity index (χ0v) is 11.6. The van der Waals surface area contributed by atoms with E-state index in [-0.39, 0.29) is 0 Å². The second-order valence-electron chi connectivity index (χ2n) is 2.67. The molecule has 0 saturated carbocycles. The van der Waals surface area contributed by atoms with Gasteiger partial charge in [0.2, 0.25) is 0 Å². The summed E-state index contributed by atoms with van der Waals surface area (Å²) in [5.41, 5.74) is 1.24. The van der Waals surface area contributed by atoms with E-state index >= 15 is 0 Å². The van der Waals surface area contributed by atoms with Crippen molar-refractivity contribution in [3.05, 3.63) is 43.0 Å². The highest BCUT2D eigenvalue weighted by Crippen LogP contribution is 2.57. The Morgan fingerprint density at radius 3 is 2.00 bits per heavy atom. The lowest BCUT2D eigenvalue weighted by Gasteiger charge is -2.04. The van der Waals surface area contributed by atoms with Gasteiger partial charge in [-0.2, -0.15) is 0 Å². The number of ether oxygens (including phenoxy) is 1. The van der Waals surface area contributed by atoms with Gasteiger partial charge in [-0.3, -0.25) is 0 Å². The summed E-state index contributed by atoms with van der Waals surface area (Å²) in [7, 11) is 0. The molecule has 2 aliphatic heterocycles. The van der Waals surface area contributed by atoms with Crippen molar-refractivity contribution >= 4 is 47.0 Å². The molecule has 0 spiro atoms.